The van der Waals surface area contributed by atoms with Crippen LogP contribution in [0.15, 0.2) is 33.9 Å². The van der Waals surface area contributed by atoms with Gasteiger partial charge in [-0.05, 0) is 24.8 Å². The van der Waals surface area contributed by atoms with Crippen LogP contribution in [0.1, 0.15) is 0 Å². The summed E-state index contributed by atoms with van der Waals surface area (Å²) >= 11 is 4.74. The maximum Gasteiger partial charge on any atom is 0.289 e. The van der Waals surface area contributed by atoms with Gasteiger partial charge in [0.2, 0.25) is 0 Å². The standard InChI is InChI=1S/C7H4NOS/c10-7-8-5-3-1-2-4-6(5)9-7/h1-4H. The quantitative estimate of drug-likeness (QED) is 0.576. The Balaban J connectivity index is 2.88. The molecule has 0 aliphatic rings. The van der Waals surface area contributed by atoms with Crippen LogP contribution in [-0.4, -0.2) is 4.98 Å². The molecule has 0 amide bonds. The van der Waals surface area contributed by atoms with Gasteiger partial charge in [-0.2, -0.15) is 4.98 Å². The fourth-order valence-electron chi connectivity index (χ4n) is 0.851. The molecule has 0 fully saturated rings. The van der Waals surface area contributed by atoms with Gasteiger partial charge in [0.25, 0.3) is 5.22 Å². The Kier molecular flexibility index (Phi) is 1.11. The molecule has 0 N–H and O–H groups in total. The van der Waals surface area contributed by atoms with Gasteiger partial charge in [0.15, 0.2) is 5.58 Å². The first-order valence-corrected chi connectivity index (χ1v) is 3.30. The van der Waals surface area contributed by atoms with Crippen LogP contribution in [0.3, 0.4) is 0 Å². The van der Waals surface area contributed by atoms with Crippen LogP contribution in [0.25, 0.3) is 11.1 Å². The van der Waals surface area contributed by atoms with Crippen molar-refractivity contribution >= 4 is 23.7 Å². The number of benzene rings is 1. The summed E-state index contributed by atoms with van der Waals surface area (Å²) in [5.74, 6) is 0. The summed E-state index contributed by atoms with van der Waals surface area (Å²) in [7, 11) is 0. The van der Waals surface area contributed by atoms with Crippen molar-refractivity contribution in [2.75, 3.05) is 0 Å². The SMILES string of the molecule is [S]c1nc2ccccc2o1. The predicted molar refractivity (Wildman–Crippen MR) is 39.9 cm³/mol. The van der Waals surface area contributed by atoms with E-state index in [9.17, 15) is 0 Å². The molecular weight excluding hydrogens is 146 g/mol. The molecule has 0 spiro atoms. The Morgan fingerprint density at radius 1 is 1.30 bits per heavy atom. The van der Waals surface area contributed by atoms with Crippen molar-refractivity contribution in [2.45, 2.75) is 5.22 Å². The minimum absolute atomic E-state index is 0.307. The van der Waals surface area contributed by atoms with E-state index in [2.05, 4.69) is 4.98 Å². The number of hydrogen-bond acceptors (Lipinski definition) is 2. The van der Waals surface area contributed by atoms with Crippen LogP contribution >= 0.6 is 12.6 Å². The van der Waals surface area contributed by atoms with Crippen LogP contribution < -0.4 is 0 Å². The smallest absolute Gasteiger partial charge is 0.289 e. The van der Waals surface area contributed by atoms with Gasteiger partial charge in [-0.25, -0.2) is 0 Å². The average Bonchev–Trinajstić information content (AvgIpc) is 2.27. The largest absolute Gasteiger partial charge is 0.428 e. The minimum Gasteiger partial charge on any atom is -0.428 e. The second-order valence-corrected chi connectivity index (χ2v) is 2.30. The highest BCUT2D eigenvalue weighted by Gasteiger charge is 1.98. The maximum atomic E-state index is 5.07. The van der Waals surface area contributed by atoms with E-state index in [4.69, 9.17) is 17.0 Å². The third-order valence-electron chi connectivity index (χ3n) is 1.27. The zero-order valence-corrected chi connectivity index (χ0v) is 5.89. The zero-order valence-electron chi connectivity index (χ0n) is 5.07. The van der Waals surface area contributed by atoms with E-state index in [0.717, 1.165) is 11.1 Å². The Labute approximate surface area is 63.3 Å². The van der Waals surface area contributed by atoms with Crippen molar-refractivity contribution in [2.24, 2.45) is 0 Å². The van der Waals surface area contributed by atoms with Gasteiger partial charge in [-0.15, -0.1) is 0 Å². The number of fused-ring (bicyclic) bond motifs is 1. The predicted octanol–water partition coefficient (Wildman–Crippen LogP) is 2.38. The number of nitrogens with zero attached hydrogens (tertiary/aromatic N) is 1. The molecule has 1 aromatic carbocycles. The van der Waals surface area contributed by atoms with Gasteiger partial charge in [0.1, 0.15) is 5.52 Å². The maximum absolute atomic E-state index is 5.07. The average molecular weight is 150 g/mol. The molecule has 0 unspecified atom stereocenters. The Morgan fingerprint density at radius 2 is 2.10 bits per heavy atom. The van der Waals surface area contributed by atoms with Crippen LogP contribution in [0, 0.1) is 0 Å². The monoisotopic (exact) mass is 150 g/mol. The second-order valence-electron chi connectivity index (χ2n) is 1.95. The van der Waals surface area contributed by atoms with E-state index in [1.165, 1.54) is 0 Å². The van der Waals surface area contributed by atoms with E-state index in [0.29, 0.717) is 5.22 Å². The van der Waals surface area contributed by atoms with Crippen molar-refractivity contribution in [3.05, 3.63) is 24.3 Å². The van der Waals surface area contributed by atoms with Crippen molar-refractivity contribution in [1.29, 1.82) is 0 Å². The van der Waals surface area contributed by atoms with E-state index in [1.807, 2.05) is 24.3 Å². The fourth-order valence-corrected chi connectivity index (χ4v) is 1.04. The molecule has 0 bridgehead atoms. The summed E-state index contributed by atoms with van der Waals surface area (Å²) in [5, 5.41) is 0.307. The molecule has 0 saturated carbocycles. The van der Waals surface area contributed by atoms with Gasteiger partial charge >= 0.3 is 0 Å². The first-order chi connectivity index (χ1) is 4.86. The van der Waals surface area contributed by atoms with Gasteiger partial charge < -0.3 is 4.42 Å². The molecule has 49 valence electrons. The van der Waals surface area contributed by atoms with Crippen LogP contribution in [0.5, 0.6) is 0 Å². The summed E-state index contributed by atoms with van der Waals surface area (Å²) < 4.78 is 5.07. The summed E-state index contributed by atoms with van der Waals surface area (Å²) in [4.78, 5) is 3.96. The molecule has 0 atom stereocenters. The summed E-state index contributed by atoms with van der Waals surface area (Å²) in [6, 6.07) is 7.51. The molecule has 0 saturated heterocycles. The van der Waals surface area contributed by atoms with Gasteiger partial charge in [0.05, 0.1) is 0 Å². The number of oxazole rings is 1. The lowest BCUT2D eigenvalue weighted by Crippen LogP contribution is -1.63. The van der Waals surface area contributed by atoms with Crippen LogP contribution in [0.2, 0.25) is 0 Å². The molecular formula is C7H4NOS. The number of aromatic nitrogens is 1. The lowest BCUT2D eigenvalue weighted by molar-refractivity contribution is 0.492. The van der Waals surface area contributed by atoms with Gasteiger partial charge in [0, 0.05) is 0 Å². The van der Waals surface area contributed by atoms with E-state index < -0.39 is 0 Å². The number of hydrogen-bond donors (Lipinski definition) is 0. The number of para-hydroxylation sites is 2. The molecule has 1 aromatic heterocycles. The molecule has 3 heteroatoms. The fraction of sp³-hybridized carbons (Fsp3) is 0. The van der Waals surface area contributed by atoms with Crippen LogP contribution in [-0.2, 0) is 0 Å². The molecule has 1 heterocycles. The molecule has 2 rings (SSSR count). The van der Waals surface area contributed by atoms with E-state index in [-0.39, 0.29) is 0 Å². The first-order valence-electron chi connectivity index (χ1n) is 2.89. The highest BCUT2D eigenvalue weighted by Crippen LogP contribution is 2.15. The molecule has 1 radical (unpaired) electrons. The van der Waals surface area contributed by atoms with Gasteiger partial charge in [-0.1, -0.05) is 12.1 Å². The summed E-state index contributed by atoms with van der Waals surface area (Å²) in [6.07, 6.45) is 0. The third-order valence-corrected chi connectivity index (χ3v) is 1.45. The summed E-state index contributed by atoms with van der Waals surface area (Å²) in [6.45, 7) is 0. The van der Waals surface area contributed by atoms with E-state index in [1.54, 1.807) is 0 Å². The van der Waals surface area contributed by atoms with Crippen molar-refractivity contribution in [3.8, 4) is 0 Å². The zero-order chi connectivity index (χ0) is 6.97. The molecule has 2 aromatic rings. The topological polar surface area (TPSA) is 26.0 Å². The van der Waals surface area contributed by atoms with Crippen LogP contribution in [0.4, 0.5) is 0 Å². The van der Waals surface area contributed by atoms with Gasteiger partial charge in [-0.3, -0.25) is 0 Å². The first kappa shape index (κ1) is 5.68. The highest BCUT2D eigenvalue weighted by molar-refractivity contribution is 7.80. The van der Waals surface area contributed by atoms with Crippen molar-refractivity contribution in [1.82, 2.24) is 4.98 Å². The molecule has 0 aliphatic heterocycles. The highest BCUT2D eigenvalue weighted by atomic mass is 32.1. The second kappa shape index (κ2) is 1.95. The Bertz CT molecular complexity index is 322. The Hall–Kier alpha value is -1.09. The Morgan fingerprint density at radius 3 is 2.90 bits per heavy atom. The lowest BCUT2D eigenvalue weighted by Gasteiger charge is -1.79. The van der Waals surface area contributed by atoms with Crippen molar-refractivity contribution in [3.63, 3.8) is 0 Å². The summed E-state index contributed by atoms with van der Waals surface area (Å²) in [5.41, 5.74) is 1.58. The minimum atomic E-state index is 0.307. The number of rotatable bonds is 0. The molecule has 2 nitrogen and oxygen atoms in total. The molecule has 0 aliphatic carbocycles. The third kappa shape index (κ3) is 0.752. The molecule has 10 heavy (non-hydrogen) atoms. The van der Waals surface area contributed by atoms with Crippen molar-refractivity contribution < 1.29 is 4.42 Å². The normalized spacial score (nSPS) is 10.4. The van der Waals surface area contributed by atoms with E-state index >= 15 is 0 Å². The lowest BCUT2D eigenvalue weighted by atomic mass is 10.3.